The minimum Gasteiger partial charge on any atom is -0.353 e. The van der Waals surface area contributed by atoms with Gasteiger partial charge in [0.1, 0.15) is 0 Å². The topological polar surface area (TPSA) is 55.1 Å². The third kappa shape index (κ3) is 4.03. The van der Waals surface area contributed by atoms with Gasteiger partial charge in [0, 0.05) is 17.5 Å². The van der Waals surface area contributed by atoms with Crippen LogP contribution in [0, 0.1) is 0 Å². The van der Waals surface area contributed by atoms with E-state index in [4.69, 9.17) is 5.73 Å². The first-order valence-corrected chi connectivity index (χ1v) is 7.47. The van der Waals surface area contributed by atoms with Crippen LogP contribution in [0.1, 0.15) is 31.2 Å². The van der Waals surface area contributed by atoms with Crippen LogP contribution in [0.2, 0.25) is 0 Å². The average molecular weight is 264 g/mol. The number of hydrogen-bond acceptors (Lipinski definition) is 3. The molecule has 1 aliphatic carbocycles. The normalized spacial score (nSPS) is 15.8. The lowest BCUT2D eigenvalue weighted by Crippen LogP contribution is -2.33. The van der Waals surface area contributed by atoms with Crippen LogP contribution < -0.4 is 11.1 Å². The Balaban J connectivity index is 1.74. The fourth-order valence-electron chi connectivity index (χ4n) is 2.21. The zero-order valence-electron chi connectivity index (χ0n) is 10.5. The Hall–Kier alpha value is -1.00. The van der Waals surface area contributed by atoms with Crippen molar-refractivity contribution < 1.29 is 4.79 Å². The van der Waals surface area contributed by atoms with Crippen LogP contribution in [0.25, 0.3) is 0 Å². The van der Waals surface area contributed by atoms with Gasteiger partial charge in [-0.2, -0.15) is 0 Å². The van der Waals surface area contributed by atoms with Crippen LogP contribution in [-0.2, 0) is 11.3 Å². The lowest BCUT2D eigenvalue weighted by molar-refractivity contribution is -0.119. The number of hydrogen-bond donors (Lipinski definition) is 2. The summed E-state index contributed by atoms with van der Waals surface area (Å²) in [5, 5.41) is 3.09. The Labute approximate surface area is 113 Å². The third-order valence-corrected chi connectivity index (χ3v) is 4.26. The van der Waals surface area contributed by atoms with E-state index in [1.165, 1.54) is 12.8 Å². The van der Waals surface area contributed by atoms with Crippen LogP contribution in [-0.4, -0.2) is 17.7 Å². The van der Waals surface area contributed by atoms with Crippen molar-refractivity contribution in [3.05, 3.63) is 29.8 Å². The van der Waals surface area contributed by atoms with Crippen LogP contribution in [0.3, 0.4) is 0 Å². The molecule has 1 saturated carbocycles. The molecule has 3 nitrogen and oxygen atoms in total. The second-order valence-corrected chi connectivity index (χ2v) is 5.73. The second-order valence-electron chi connectivity index (χ2n) is 4.69. The van der Waals surface area contributed by atoms with E-state index in [1.54, 1.807) is 11.8 Å². The molecule has 1 amide bonds. The summed E-state index contributed by atoms with van der Waals surface area (Å²) in [5.74, 6) is 0.646. The Morgan fingerprint density at radius 1 is 1.28 bits per heavy atom. The van der Waals surface area contributed by atoms with E-state index in [-0.39, 0.29) is 5.91 Å². The van der Waals surface area contributed by atoms with Gasteiger partial charge in [-0.05, 0) is 30.5 Å². The van der Waals surface area contributed by atoms with E-state index in [0.29, 0.717) is 18.3 Å². The van der Waals surface area contributed by atoms with Gasteiger partial charge in [-0.3, -0.25) is 4.79 Å². The summed E-state index contributed by atoms with van der Waals surface area (Å²) >= 11 is 1.58. The van der Waals surface area contributed by atoms with E-state index >= 15 is 0 Å². The number of amides is 1. The summed E-state index contributed by atoms with van der Waals surface area (Å²) in [7, 11) is 0. The summed E-state index contributed by atoms with van der Waals surface area (Å²) in [6, 6.07) is 8.48. The van der Waals surface area contributed by atoms with E-state index in [9.17, 15) is 4.79 Å². The van der Waals surface area contributed by atoms with Crippen molar-refractivity contribution in [3.63, 3.8) is 0 Å². The first-order valence-electron chi connectivity index (χ1n) is 6.49. The molecule has 18 heavy (non-hydrogen) atoms. The first kappa shape index (κ1) is 13.4. The fourth-order valence-corrected chi connectivity index (χ4v) is 2.92. The lowest BCUT2D eigenvalue weighted by Gasteiger charge is -2.11. The highest BCUT2D eigenvalue weighted by Crippen LogP contribution is 2.20. The molecule has 4 heteroatoms. The summed E-state index contributed by atoms with van der Waals surface area (Å²) < 4.78 is 0. The van der Waals surface area contributed by atoms with Crippen molar-refractivity contribution in [2.24, 2.45) is 5.73 Å². The summed E-state index contributed by atoms with van der Waals surface area (Å²) in [6.07, 6.45) is 4.78. The van der Waals surface area contributed by atoms with Gasteiger partial charge >= 0.3 is 0 Å². The summed E-state index contributed by atoms with van der Waals surface area (Å²) in [4.78, 5) is 12.9. The van der Waals surface area contributed by atoms with Gasteiger partial charge in [0.25, 0.3) is 0 Å². The highest BCUT2D eigenvalue weighted by Gasteiger charge is 2.16. The Kier molecular flexibility index (Phi) is 5.08. The molecule has 0 atom stereocenters. The molecular weight excluding hydrogens is 244 g/mol. The minimum atomic E-state index is 0.148. The van der Waals surface area contributed by atoms with Crippen molar-refractivity contribution in [2.45, 2.75) is 43.2 Å². The maximum Gasteiger partial charge on any atom is 0.230 e. The molecule has 1 fully saturated rings. The van der Waals surface area contributed by atoms with Gasteiger partial charge in [-0.15, -0.1) is 11.8 Å². The standard InChI is InChI=1S/C14H20N2OS/c15-9-11-5-7-13(8-6-11)18-10-14(17)16-12-3-1-2-4-12/h5-8,12H,1-4,9-10,15H2,(H,16,17). The molecule has 0 aromatic heterocycles. The van der Waals surface area contributed by atoms with Crippen LogP contribution in [0.5, 0.6) is 0 Å². The predicted molar refractivity (Wildman–Crippen MR) is 75.5 cm³/mol. The van der Waals surface area contributed by atoms with Gasteiger partial charge in [0.15, 0.2) is 0 Å². The van der Waals surface area contributed by atoms with E-state index in [1.807, 2.05) is 24.3 Å². The number of carbonyl (C=O) groups excluding carboxylic acids is 1. The van der Waals surface area contributed by atoms with Crippen molar-refractivity contribution in [1.29, 1.82) is 0 Å². The van der Waals surface area contributed by atoms with Crippen molar-refractivity contribution in [2.75, 3.05) is 5.75 Å². The molecular formula is C14H20N2OS. The molecule has 1 aromatic rings. The quantitative estimate of drug-likeness (QED) is 0.802. The van der Waals surface area contributed by atoms with Gasteiger partial charge in [0.05, 0.1) is 5.75 Å². The molecule has 0 radical (unpaired) electrons. The number of nitrogens with one attached hydrogen (secondary N) is 1. The van der Waals surface area contributed by atoms with E-state index in [0.717, 1.165) is 23.3 Å². The number of nitrogens with two attached hydrogens (primary N) is 1. The molecule has 98 valence electrons. The molecule has 3 N–H and O–H groups in total. The highest BCUT2D eigenvalue weighted by molar-refractivity contribution is 8.00. The highest BCUT2D eigenvalue weighted by atomic mass is 32.2. The van der Waals surface area contributed by atoms with E-state index < -0.39 is 0 Å². The molecule has 0 saturated heterocycles. The monoisotopic (exact) mass is 264 g/mol. The molecule has 1 aromatic carbocycles. The number of benzene rings is 1. The minimum absolute atomic E-state index is 0.148. The van der Waals surface area contributed by atoms with Gasteiger partial charge in [-0.1, -0.05) is 25.0 Å². The second kappa shape index (κ2) is 6.81. The Morgan fingerprint density at radius 3 is 2.56 bits per heavy atom. The Bertz CT molecular complexity index is 385. The number of thioether (sulfide) groups is 1. The largest absolute Gasteiger partial charge is 0.353 e. The van der Waals surface area contributed by atoms with Gasteiger partial charge in [-0.25, -0.2) is 0 Å². The molecule has 0 aliphatic heterocycles. The van der Waals surface area contributed by atoms with Crippen LogP contribution in [0.4, 0.5) is 0 Å². The van der Waals surface area contributed by atoms with Crippen LogP contribution in [0.15, 0.2) is 29.2 Å². The predicted octanol–water partition coefficient (Wildman–Crippen LogP) is 2.30. The molecule has 0 unspecified atom stereocenters. The summed E-state index contributed by atoms with van der Waals surface area (Å²) in [5.41, 5.74) is 6.66. The fraction of sp³-hybridized carbons (Fsp3) is 0.500. The molecule has 0 heterocycles. The maximum absolute atomic E-state index is 11.7. The molecule has 2 rings (SSSR count). The zero-order valence-corrected chi connectivity index (χ0v) is 11.3. The summed E-state index contributed by atoms with van der Waals surface area (Å²) in [6.45, 7) is 0.563. The smallest absolute Gasteiger partial charge is 0.230 e. The molecule has 0 bridgehead atoms. The number of rotatable bonds is 5. The van der Waals surface area contributed by atoms with Crippen LogP contribution >= 0.6 is 11.8 Å². The lowest BCUT2D eigenvalue weighted by atomic mass is 10.2. The zero-order chi connectivity index (χ0) is 12.8. The van der Waals surface area contributed by atoms with Crippen molar-refractivity contribution >= 4 is 17.7 Å². The van der Waals surface area contributed by atoms with Crippen molar-refractivity contribution in [3.8, 4) is 0 Å². The average Bonchev–Trinajstić information content (AvgIpc) is 2.90. The van der Waals surface area contributed by atoms with Gasteiger partial charge in [0.2, 0.25) is 5.91 Å². The molecule has 1 aliphatic rings. The van der Waals surface area contributed by atoms with E-state index in [2.05, 4.69) is 5.32 Å². The van der Waals surface area contributed by atoms with Gasteiger partial charge < -0.3 is 11.1 Å². The Morgan fingerprint density at radius 2 is 1.94 bits per heavy atom. The number of carbonyl (C=O) groups is 1. The SMILES string of the molecule is NCc1ccc(SCC(=O)NC2CCCC2)cc1. The molecule has 0 spiro atoms. The maximum atomic E-state index is 11.7. The first-order chi connectivity index (χ1) is 8.78. The third-order valence-electron chi connectivity index (χ3n) is 3.25. The van der Waals surface area contributed by atoms with Crippen molar-refractivity contribution in [1.82, 2.24) is 5.32 Å².